The molecular formula is C11H16ClN3O3S2. The second-order valence-electron chi connectivity index (χ2n) is 4.72. The molecule has 1 aliphatic rings. The minimum Gasteiger partial charge on any atom is -0.356 e. The zero-order valence-electron chi connectivity index (χ0n) is 11.0. The Hall–Kier alpha value is -0.700. The van der Waals surface area contributed by atoms with Crippen LogP contribution in [0.4, 0.5) is 0 Å². The molecule has 0 bridgehead atoms. The molecule has 9 heteroatoms. The number of halogens is 1. The molecule has 2 heterocycles. The van der Waals surface area contributed by atoms with Gasteiger partial charge in [-0.3, -0.25) is 4.79 Å². The minimum atomic E-state index is -3.48. The Balaban J connectivity index is 1.95. The van der Waals surface area contributed by atoms with Crippen LogP contribution in [0.5, 0.6) is 0 Å². The summed E-state index contributed by atoms with van der Waals surface area (Å²) in [6.45, 7) is 3.01. The predicted octanol–water partition coefficient (Wildman–Crippen LogP) is 1.33. The van der Waals surface area contributed by atoms with Crippen molar-refractivity contribution < 1.29 is 13.2 Å². The monoisotopic (exact) mass is 337 g/mol. The number of aromatic nitrogens is 1. The summed E-state index contributed by atoms with van der Waals surface area (Å²) in [7, 11) is -3.48. The normalized spacial score (nSPS) is 18.1. The lowest BCUT2D eigenvalue weighted by molar-refractivity contribution is -0.119. The highest BCUT2D eigenvalue weighted by molar-refractivity contribution is 7.91. The van der Waals surface area contributed by atoms with Gasteiger partial charge in [0, 0.05) is 26.6 Å². The first-order chi connectivity index (χ1) is 9.39. The zero-order chi connectivity index (χ0) is 14.8. The molecule has 20 heavy (non-hydrogen) atoms. The molecule has 1 saturated heterocycles. The molecule has 0 spiro atoms. The zero-order valence-corrected chi connectivity index (χ0v) is 13.4. The van der Waals surface area contributed by atoms with Crippen molar-refractivity contribution in [1.82, 2.24) is 14.6 Å². The number of nitrogens with zero attached hydrogens (tertiary/aromatic N) is 2. The van der Waals surface area contributed by atoms with Gasteiger partial charge in [0.15, 0.2) is 8.68 Å². The van der Waals surface area contributed by atoms with Gasteiger partial charge in [0.1, 0.15) is 0 Å². The van der Waals surface area contributed by atoms with Gasteiger partial charge >= 0.3 is 0 Å². The highest BCUT2D eigenvalue weighted by atomic mass is 35.5. The van der Waals surface area contributed by atoms with Crippen LogP contribution in [0.1, 0.15) is 19.8 Å². The fourth-order valence-corrected chi connectivity index (χ4v) is 5.05. The predicted molar refractivity (Wildman–Crippen MR) is 77.3 cm³/mol. The van der Waals surface area contributed by atoms with Gasteiger partial charge in [0.05, 0.1) is 6.20 Å². The molecule has 1 aromatic rings. The first-order valence-corrected chi connectivity index (χ1v) is 8.89. The average molecular weight is 338 g/mol. The van der Waals surface area contributed by atoms with E-state index in [-0.39, 0.29) is 14.6 Å². The Morgan fingerprint density at radius 1 is 1.55 bits per heavy atom. The van der Waals surface area contributed by atoms with E-state index in [9.17, 15) is 13.2 Å². The van der Waals surface area contributed by atoms with Crippen LogP contribution in [0.25, 0.3) is 0 Å². The summed E-state index contributed by atoms with van der Waals surface area (Å²) in [4.78, 5) is 14.6. The van der Waals surface area contributed by atoms with Crippen LogP contribution in [0, 0.1) is 5.92 Å². The molecule has 1 amide bonds. The van der Waals surface area contributed by atoms with Gasteiger partial charge in [-0.25, -0.2) is 13.4 Å². The van der Waals surface area contributed by atoms with E-state index in [1.54, 1.807) is 0 Å². The van der Waals surface area contributed by atoms with Crippen LogP contribution in [-0.4, -0.2) is 43.2 Å². The second kappa shape index (κ2) is 6.38. The highest BCUT2D eigenvalue weighted by Crippen LogP contribution is 2.28. The minimum absolute atomic E-state index is 0.0562. The molecule has 1 aliphatic heterocycles. The number of hydrogen-bond acceptors (Lipinski definition) is 5. The van der Waals surface area contributed by atoms with Gasteiger partial charge in [-0.05, 0) is 18.8 Å². The molecule has 0 aromatic carbocycles. The quantitative estimate of drug-likeness (QED) is 0.899. The number of rotatable bonds is 4. The lowest BCUT2D eigenvalue weighted by Gasteiger charge is -2.30. The number of carbonyl (C=O) groups excluding carboxylic acids is 1. The smallest absolute Gasteiger partial charge is 0.254 e. The third kappa shape index (κ3) is 3.69. The summed E-state index contributed by atoms with van der Waals surface area (Å²) in [5.41, 5.74) is 0. The standard InChI is InChI=1S/C11H16ClN3O3S2/c1-8(16)13-6-9-2-4-15(5-3-9)20(17,18)10-7-14-11(12)19-10/h7,9H,2-6H2,1H3,(H,13,16). The van der Waals surface area contributed by atoms with Gasteiger partial charge in [-0.2, -0.15) is 4.31 Å². The van der Waals surface area contributed by atoms with E-state index in [0.717, 1.165) is 24.2 Å². The van der Waals surface area contributed by atoms with Crippen molar-refractivity contribution in [3.05, 3.63) is 10.7 Å². The van der Waals surface area contributed by atoms with Crippen LogP contribution < -0.4 is 5.32 Å². The average Bonchev–Trinajstić information content (AvgIpc) is 2.84. The van der Waals surface area contributed by atoms with E-state index in [1.807, 2.05) is 0 Å². The summed E-state index contributed by atoms with van der Waals surface area (Å²) in [5, 5.41) is 2.77. The van der Waals surface area contributed by atoms with Crippen LogP contribution in [0.3, 0.4) is 0 Å². The van der Waals surface area contributed by atoms with Gasteiger partial charge in [0.25, 0.3) is 10.0 Å². The van der Waals surface area contributed by atoms with E-state index in [2.05, 4.69) is 10.3 Å². The van der Waals surface area contributed by atoms with E-state index >= 15 is 0 Å². The third-order valence-electron chi connectivity index (χ3n) is 3.26. The van der Waals surface area contributed by atoms with Gasteiger partial charge in [-0.1, -0.05) is 22.9 Å². The SMILES string of the molecule is CC(=O)NCC1CCN(S(=O)(=O)c2cnc(Cl)s2)CC1. The Kier molecular flexibility index (Phi) is 5.00. The van der Waals surface area contributed by atoms with Crippen molar-refractivity contribution in [2.24, 2.45) is 5.92 Å². The second-order valence-corrected chi connectivity index (χ2v) is 8.49. The molecule has 112 valence electrons. The first kappa shape index (κ1) is 15.7. The van der Waals surface area contributed by atoms with Gasteiger partial charge in [0.2, 0.25) is 5.91 Å². The molecule has 0 aliphatic carbocycles. The molecule has 1 fully saturated rings. The lowest BCUT2D eigenvalue weighted by Crippen LogP contribution is -2.41. The van der Waals surface area contributed by atoms with E-state index in [1.165, 1.54) is 17.4 Å². The number of carbonyl (C=O) groups is 1. The van der Waals surface area contributed by atoms with Crippen molar-refractivity contribution in [3.63, 3.8) is 0 Å². The van der Waals surface area contributed by atoms with E-state index in [0.29, 0.717) is 25.6 Å². The van der Waals surface area contributed by atoms with Crippen LogP contribution >= 0.6 is 22.9 Å². The molecule has 6 nitrogen and oxygen atoms in total. The number of nitrogens with one attached hydrogen (secondary N) is 1. The fraction of sp³-hybridized carbons (Fsp3) is 0.636. The summed E-state index contributed by atoms with van der Waals surface area (Å²) >= 11 is 6.65. The molecule has 2 rings (SSSR count). The lowest BCUT2D eigenvalue weighted by atomic mass is 9.98. The maximum absolute atomic E-state index is 12.3. The first-order valence-electron chi connectivity index (χ1n) is 6.25. The summed E-state index contributed by atoms with van der Waals surface area (Å²) in [5.74, 6) is 0.273. The van der Waals surface area contributed by atoms with Gasteiger partial charge < -0.3 is 5.32 Å². The highest BCUT2D eigenvalue weighted by Gasteiger charge is 2.30. The Labute approximate surface area is 127 Å². The molecule has 0 atom stereocenters. The fourth-order valence-electron chi connectivity index (χ4n) is 2.13. The number of piperidine rings is 1. The number of hydrogen-bond donors (Lipinski definition) is 1. The third-order valence-corrected chi connectivity index (χ3v) is 6.71. The maximum atomic E-state index is 12.3. The largest absolute Gasteiger partial charge is 0.356 e. The Morgan fingerprint density at radius 2 is 2.20 bits per heavy atom. The van der Waals surface area contributed by atoms with Crippen molar-refractivity contribution in [2.75, 3.05) is 19.6 Å². The Morgan fingerprint density at radius 3 is 2.70 bits per heavy atom. The van der Waals surface area contributed by atoms with Gasteiger partial charge in [-0.15, -0.1) is 0 Å². The maximum Gasteiger partial charge on any atom is 0.254 e. The topological polar surface area (TPSA) is 79.4 Å². The molecular weight excluding hydrogens is 322 g/mol. The molecule has 0 radical (unpaired) electrons. The van der Waals surface area contributed by atoms with Crippen molar-refractivity contribution in [2.45, 2.75) is 24.0 Å². The van der Waals surface area contributed by atoms with E-state index in [4.69, 9.17) is 11.6 Å². The number of sulfonamides is 1. The summed E-state index contributed by atoms with van der Waals surface area (Å²) in [6.07, 6.45) is 2.78. The summed E-state index contributed by atoms with van der Waals surface area (Å²) < 4.78 is 26.6. The molecule has 1 N–H and O–H groups in total. The van der Waals surface area contributed by atoms with E-state index < -0.39 is 10.0 Å². The van der Waals surface area contributed by atoms with Crippen molar-refractivity contribution in [3.8, 4) is 0 Å². The number of amides is 1. The van der Waals surface area contributed by atoms with Crippen molar-refractivity contribution >= 4 is 38.9 Å². The molecule has 1 aromatic heterocycles. The summed E-state index contributed by atoms with van der Waals surface area (Å²) in [6, 6.07) is 0. The Bertz CT molecular complexity index is 579. The molecule has 0 saturated carbocycles. The molecule has 0 unspecified atom stereocenters. The number of thiazole rings is 1. The van der Waals surface area contributed by atoms with Crippen molar-refractivity contribution in [1.29, 1.82) is 0 Å². The van der Waals surface area contributed by atoms with Crippen LogP contribution in [0.2, 0.25) is 4.47 Å². The van der Waals surface area contributed by atoms with Crippen LogP contribution in [-0.2, 0) is 14.8 Å². The van der Waals surface area contributed by atoms with Crippen LogP contribution in [0.15, 0.2) is 10.4 Å².